The Balaban J connectivity index is 1.65. The number of hydrogen-bond donors (Lipinski definition) is 1. The zero-order valence-electron chi connectivity index (χ0n) is 11.3. The molecule has 1 amide bonds. The van der Waals surface area contributed by atoms with Crippen LogP contribution in [-0.4, -0.2) is 12.5 Å². The van der Waals surface area contributed by atoms with E-state index in [1.807, 2.05) is 19.1 Å². The molecule has 1 N–H and O–H groups in total. The number of rotatable bonds is 3. The van der Waals surface area contributed by atoms with E-state index >= 15 is 0 Å². The van der Waals surface area contributed by atoms with Crippen LogP contribution in [0.5, 0.6) is 0 Å². The fourth-order valence-corrected chi connectivity index (χ4v) is 2.67. The van der Waals surface area contributed by atoms with Gasteiger partial charge in [-0.3, -0.25) is 4.79 Å². The van der Waals surface area contributed by atoms with Crippen molar-refractivity contribution in [2.75, 3.05) is 6.54 Å². The van der Waals surface area contributed by atoms with Gasteiger partial charge in [-0.25, -0.2) is 4.39 Å². The van der Waals surface area contributed by atoms with Crippen LogP contribution in [0.2, 0.25) is 0 Å². The van der Waals surface area contributed by atoms with Gasteiger partial charge >= 0.3 is 0 Å². The second-order valence-electron chi connectivity index (χ2n) is 5.29. The molecule has 2 aromatic rings. The lowest BCUT2D eigenvalue weighted by Gasteiger charge is -2.30. The lowest BCUT2D eigenvalue weighted by molar-refractivity contribution is 0.0946. The van der Waals surface area contributed by atoms with E-state index in [-0.39, 0.29) is 11.5 Å². The van der Waals surface area contributed by atoms with Crippen LogP contribution in [-0.2, 0) is 6.42 Å². The van der Waals surface area contributed by atoms with Gasteiger partial charge in [0, 0.05) is 12.5 Å². The van der Waals surface area contributed by atoms with Crippen molar-refractivity contribution in [2.45, 2.75) is 19.3 Å². The molecule has 2 aromatic carbocycles. The number of aryl methyl sites for hydroxylation is 1. The largest absolute Gasteiger partial charge is 0.351 e. The van der Waals surface area contributed by atoms with E-state index in [1.165, 1.54) is 17.2 Å². The Kier molecular flexibility index (Phi) is 3.26. The molecule has 3 rings (SSSR count). The fourth-order valence-electron chi connectivity index (χ4n) is 2.67. The molecule has 1 unspecified atom stereocenters. The first kappa shape index (κ1) is 12.9. The lowest BCUT2D eigenvalue weighted by Crippen LogP contribution is -2.33. The number of fused-ring (bicyclic) bond motifs is 1. The zero-order chi connectivity index (χ0) is 14.1. The van der Waals surface area contributed by atoms with Gasteiger partial charge in [0.25, 0.3) is 5.91 Å². The Hall–Kier alpha value is -2.16. The number of benzene rings is 2. The summed E-state index contributed by atoms with van der Waals surface area (Å²) < 4.78 is 13.6. The van der Waals surface area contributed by atoms with E-state index in [2.05, 4.69) is 17.4 Å². The van der Waals surface area contributed by atoms with Gasteiger partial charge in [-0.15, -0.1) is 0 Å². The molecule has 0 heterocycles. The maximum atomic E-state index is 13.6. The van der Waals surface area contributed by atoms with Crippen molar-refractivity contribution in [1.82, 2.24) is 5.32 Å². The smallest absolute Gasteiger partial charge is 0.254 e. The Morgan fingerprint density at radius 2 is 2.10 bits per heavy atom. The predicted octanol–water partition coefficient (Wildman–Crippen LogP) is 3.20. The summed E-state index contributed by atoms with van der Waals surface area (Å²) in [6, 6.07) is 12.8. The summed E-state index contributed by atoms with van der Waals surface area (Å²) in [5, 5.41) is 2.83. The second kappa shape index (κ2) is 5.08. The first-order valence-electron chi connectivity index (χ1n) is 6.77. The van der Waals surface area contributed by atoms with Gasteiger partial charge < -0.3 is 5.32 Å². The molecule has 0 spiro atoms. The molecular formula is C17H16FNO. The Bertz CT molecular complexity index is 666. The van der Waals surface area contributed by atoms with Crippen molar-refractivity contribution in [3.05, 3.63) is 70.5 Å². The van der Waals surface area contributed by atoms with Crippen molar-refractivity contribution in [3.8, 4) is 0 Å². The summed E-state index contributed by atoms with van der Waals surface area (Å²) in [4.78, 5) is 12.0. The third-order valence-corrected chi connectivity index (χ3v) is 3.84. The van der Waals surface area contributed by atoms with Gasteiger partial charge in [-0.1, -0.05) is 35.9 Å². The van der Waals surface area contributed by atoms with Gasteiger partial charge in [0.15, 0.2) is 0 Å². The van der Waals surface area contributed by atoms with Gasteiger partial charge in [0.05, 0.1) is 5.56 Å². The third kappa shape index (κ3) is 2.31. The van der Waals surface area contributed by atoms with Crippen molar-refractivity contribution in [1.29, 1.82) is 0 Å². The highest BCUT2D eigenvalue weighted by Gasteiger charge is 2.25. The van der Waals surface area contributed by atoms with E-state index < -0.39 is 5.82 Å². The van der Waals surface area contributed by atoms with Crippen molar-refractivity contribution >= 4 is 5.91 Å². The number of halogens is 1. The quantitative estimate of drug-likeness (QED) is 0.911. The summed E-state index contributed by atoms with van der Waals surface area (Å²) in [7, 11) is 0. The lowest BCUT2D eigenvalue weighted by atomic mass is 9.77. The van der Waals surface area contributed by atoms with Crippen LogP contribution in [0, 0.1) is 12.7 Å². The highest BCUT2D eigenvalue weighted by atomic mass is 19.1. The van der Waals surface area contributed by atoms with Crippen molar-refractivity contribution < 1.29 is 9.18 Å². The SMILES string of the molecule is Cc1ccc(F)c(C(=O)NCC2Cc3ccccc32)c1. The van der Waals surface area contributed by atoms with Crippen LogP contribution in [0.4, 0.5) is 4.39 Å². The van der Waals surface area contributed by atoms with Gasteiger partial charge in [0.2, 0.25) is 0 Å². The first-order valence-corrected chi connectivity index (χ1v) is 6.77. The summed E-state index contributed by atoms with van der Waals surface area (Å²) >= 11 is 0. The van der Waals surface area contributed by atoms with Crippen molar-refractivity contribution in [2.24, 2.45) is 0 Å². The summed E-state index contributed by atoms with van der Waals surface area (Å²) in [5.41, 5.74) is 3.63. The summed E-state index contributed by atoms with van der Waals surface area (Å²) in [5.74, 6) is -0.458. The number of carbonyl (C=O) groups is 1. The fraction of sp³-hybridized carbons (Fsp3) is 0.235. The molecule has 0 fully saturated rings. The van der Waals surface area contributed by atoms with Crippen LogP contribution in [0.25, 0.3) is 0 Å². The standard InChI is InChI=1S/C17H16FNO/c1-11-6-7-16(18)15(8-11)17(20)19-10-13-9-12-4-2-3-5-14(12)13/h2-8,13H,9-10H2,1H3,(H,19,20). The third-order valence-electron chi connectivity index (χ3n) is 3.84. The highest BCUT2D eigenvalue weighted by molar-refractivity contribution is 5.94. The first-order chi connectivity index (χ1) is 9.65. The van der Waals surface area contributed by atoms with E-state index in [9.17, 15) is 9.18 Å². The number of hydrogen-bond acceptors (Lipinski definition) is 1. The van der Waals surface area contributed by atoms with Gasteiger partial charge in [0.1, 0.15) is 5.82 Å². The maximum Gasteiger partial charge on any atom is 0.254 e. The molecule has 2 nitrogen and oxygen atoms in total. The maximum absolute atomic E-state index is 13.6. The zero-order valence-corrected chi connectivity index (χ0v) is 11.3. The van der Waals surface area contributed by atoms with E-state index in [1.54, 1.807) is 12.1 Å². The minimum atomic E-state index is -0.470. The molecule has 0 aliphatic heterocycles. The van der Waals surface area contributed by atoms with Crippen molar-refractivity contribution in [3.63, 3.8) is 0 Å². The van der Waals surface area contributed by atoms with E-state index in [0.29, 0.717) is 12.5 Å². The van der Waals surface area contributed by atoms with Crippen LogP contribution in [0.3, 0.4) is 0 Å². The Labute approximate surface area is 117 Å². The molecule has 1 atom stereocenters. The second-order valence-corrected chi connectivity index (χ2v) is 5.29. The average molecular weight is 269 g/mol. The number of amides is 1. The topological polar surface area (TPSA) is 29.1 Å². The minimum Gasteiger partial charge on any atom is -0.351 e. The van der Waals surface area contributed by atoms with Crippen LogP contribution < -0.4 is 5.32 Å². The van der Waals surface area contributed by atoms with Crippen LogP contribution in [0.15, 0.2) is 42.5 Å². The predicted molar refractivity (Wildman–Crippen MR) is 76.4 cm³/mol. The molecule has 0 saturated carbocycles. The molecule has 0 aromatic heterocycles. The van der Waals surface area contributed by atoms with E-state index in [4.69, 9.17) is 0 Å². The molecule has 1 aliphatic rings. The molecule has 102 valence electrons. The van der Waals surface area contributed by atoms with Gasteiger partial charge in [-0.05, 0) is 36.6 Å². The molecule has 0 radical (unpaired) electrons. The number of carbonyl (C=O) groups excluding carboxylic acids is 1. The summed E-state index contributed by atoms with van der Waals surface area (Å²) in [6.45, 7) is 2.40. The average Bonchev–Trinajstić information content (AvgIpc) is 2.42. The van der Waals surface area contributed by atoms with Gasteiger partial charge in [-0.2, -0.15) is 0 Å². The van der Waals surface area contributed by atoms with Crippen LogP contribution in [0.1, 0.15) is 33.0 Å². The highest BCUT2D eigenvalue weighted by Crippen LogP contribution is 2.34. The summed E-state index contributed by atoms with van der Waals surface area (Å²) in [6.07, 6.45) is 0.979. The normalized spacial score (nSPS) is 16.2. The van der Waals surface area contributed by atoms with E-state index in [0.717, 1.165) is 12.0 Å². The molecule has 3 heteroatoms. The van der Waals surface area contributed by atoms with Crippen LogP contribution >= 0.6 is 0 Å². The Morgan fingerprint density at radius 3 is 2.90 bits per heavy atom. The molecular weight excluding hydrogens is 253 g/mol. The monoisotopic (exact) mass is 269 g/mol. The molecule has 0 bridgehead atoms. The minimum absolute atomic E-state index is 0.123. The molecule has 1 aliphatic carbocycles. The molecule has 20 heavy (non-hydrogen) atoms. The number of nitrogens with one attached hydrogen (secondary N) is 1. The Morgan fingerprint density at radius 1 is 1.30 bits per heavy atom. The molecule has 0 saturated heterocycles.